The molecule has 11 aromatic rings. The van der Waals surface area contributed by atoms with Crippen LogP contribution in [0.4, 0.5) is 11.4 Å². The summed E-state index contributed by atoms with van der Waals surface area (Å²) in [5.41, 5.74) is 10.9. The van der Waals surface area contributed by atoms with E-state index in [9.17, 15) is 10.1 Å². The Morgan fingerprint density at radius 2 is 0.667 bits per heavy atom. The first-order chi connectivity index (χ1) is 47.1. The van der Waals surface area contributed by atoms with Crippen LogP contribution in [0, 0.1) is 45.6 Å². The monoisotopic (exact) mass is 1290 g/mol. The number of unbranched alkanes of at least 4 members (excludes halogenated alkanes) is 32. The number of nitrogen functional groups attached to an aromatic ring is 1. The summed E-state index contributed by atoms with van der Waals surface area (Å²) in [6.07, 6.45) is 50.6. The number of rotatable bonds is 41. The molecule has 0 aliphatic carbocycles. The van der Waals surface area contributed by atoms with Crippen LogP contribution in [0.25, 0.3) is 98.0 Å². The first-order valence-electron chi connectivity index (χ1n) is 38.5. The molecule has 506 valence electrons. The average Bonchev–Trinajstić information content (AvgIpc) is 0.841. The molecule has 2 atom stereocenters. The molecule has 11 rings (SSSR count). The van der Waals surface area contributed by atoms with Gasteiger partial charge in [0.25, 0.3) is 16.8 Å². The highest BCUT2D eigenvalue weighted by molar-refractivity contribution is 6.40. The Kier molecular flexibility index (Phi) is 25.1. The topological polar surface area (TPSA) is 138 Å². The van der Waals surface area contributed by atoms with Gasteiger partial charge in [-0.25, -0.2) is 9.97 Å². The molecule has 96 heavy (non-hydrogen) atoms. The molecule has 0 aliphatic heterocycles. The van der Waals surface area contributed by atoms with Crippen LogP contribution in [0.5, 0.6) is 0 Å². The Labute approximate surface area is 570 Å². The van der Waals surface area contributed by atoms with Crippen molar-refractivity contribution in [3.63, 3.8) is 0 Å². The third-order valence-corrected chi connectivity index (χ3v) is 21.4. The number of nitrogens with zero attached hydrogens (tertiary/aromatic N) is 5. The number of non-ortho nitro benzene ring substituents is 1. The SMILES string of the molecule is CCCCCCCCCCCCC(C#Cc1cc(N)c2nc3c4ccc5c6ccc7c(=O)n8c9cc(C#CC(CCCCCCCCCC)CCCCCCCCCCCC)cc([N+](=O)[O-])c9nc8c8ccc(c9ccc(c(=O)n3c2c1)c4c59)c6c78)CCCCCCCCCC. The summed E-state index contributed by atoms with van der Waals surface area (Å²) in [5.74, 6) is 14.8. The zero-order valence-electron chi connectivity index (χ0n) is 58.8. The van der Waals surface area contributed by atoms with Gasteiger partial charge in [-0.1, -0.05) is 307 Å². The number of hydrogen-bond donors (Lipinski definition) is 1. The van der Waals surface area contributed by atoms with Crippen LogP contribution >= 0.6 is 0 Å². The molecule has 10 nitrogen and oxygen atoms in total. The Bertz CT molecular complexity index is 4630. The highest BCUT2D eigenvalue weighted by atomic mass is 16.6. The maximum atomic E-state index is 15.2. The fourth-order valence-electron chi connectivity index (χ4n) is 16.0. The molecule has 7 aromatic carbocycles. The van der Waals surface area contributed by atoms with Gasteiger partial charge >= 0.3 is 0 Å². The number of pyridine rings is 2. The van der Waals surface area contributed by atoms with Crippen molar-refractivity contribution in [2.24, 2.45) is 11.8 Å². The smallest absolute Gasteiger partial charge is 0.298 e. The standard InChI is InChI=1S/C86H108N6O4/c1-5-9-13-17-21-25-27-31-35-39-42-61(41-37-33-29-23-19-15-11-7-3)45-47-63-57-73(87)81-74(58-63)90-83(88-81)69-53-49-65-68-52-56-72-80-70(54-50-66(78(68)80)67-51-55-71(85(90)93)79(69)77(65)67)84-89-82-75(91(84)86(72)94)59-64(60-76(82)92(95)96)48-46-62(43-38-34-30-24-20-16-12-8-4)44-40-36-32-28-26-22-18-14-10-6-2/h49-62H,5-44,87H2,1-4H3. The molecule has 0 saturated carbocycles. The zero-order chi connectivity index (χ0) is 66.8. The Morgan fingerprint density at radius 3 is 1.01 bits per heavy atom. The second kappa shape index (κ2) is 34.6. The molecule has 0 saturated heterocycles. The van der Waals surface area contributed by atoms with Crippen LogP contribution in [0.3, 0.4) is 0 Å². The molecule has 0 bridgehead atoms. The maximum absolute atomic E-state index is 15.2. The van der Waals surface area contributed by atoms with Gasteiger partial charge in [0.15, 0.2) is 5.52 Å². The molecule has 0 spiro atoms. The van der Waals surface area contributed by atoms with E-state index in [0.717, 1.165) is 98.0 Å². The van der Waals surface area contributed by atoms with E-state index in [1.54, 1.807) is 14.9 Å². The second-order valence-electron chi connectivity index (χ2n) is 28.7. The number of imidazole rings is 2. The fraction of sp³-hybridized carbons (Fsp3) is 0.535. The predicted octanol–water partition coefficient (Wildman–Crippen LogP) is 24.4. The summed E-state index contributed by atoms with van der Waals surface area (Å²) in [6.45, 7) is 9.09. The van der Waals surface area contributed by atoms with Gasteiger partial charge in [0.05, 0.1) is 21.6 Å². The lowest BCUT2D eigenvalue weighted by Gasteiger charge is -2.18. The minimum absolute atomic E-state index is 0.157. The number of nitro benzene ring substituents is 1. The summed E-state index contributed by atoms with van der Waals surface area (Å²) < 4.78 is 3.32. The Hall–Kier alpha value is -7.56. The van der Waals surface area contributed by atoms with Crippen LogP contribution in [0.15, 0.2) is 82.4 Å². The van der Waals surface area contributed by atoms with E-state index in [1.807, 2.05) is 42.5 Å². The van der Waals surface area contributed by atoms with Crippen molar-refractivity contribution in [3.05, 3.63) is 115 Å². The molecular weight excluding hydrogens is 1180 g/mol. The van der Waals surface area contributed by atoms with Gasteiger partial charge in [-0.15, -0.1) is 0 Å². The summed E-state index contributed by atoms with van der Waals surface area (Å²) in [6, 6.07) is 23.6. The quantitative estimate of drug-likeness (QED) is 0.00766. The lowest BCUT2D eigenvalue weighted by atomic mass is 9.86. The molecule has 0 amide bonds. The highest BCUT2D eigenvalue weighted by Crippen LogP contribution is 2.46. The van der Waals surface area contributed by atoms with Crippen molar-refractivity contribution >= 4 is 109 Å². The van der Waals surface area contributed by atoms with Gasteiger partial charge in [0.1, 0.15) is 16.8 Å². The van der Waals surface area contributed by atoms with Gasteiger partial charge in [-0.05, 0) is 100 Å². The number of aromatic nitrogens is 4. The molecular formula is C86H108N6O4. The molecule has 0 aliphatic rings. The van der Waals surface area contributed by atoms with Crippen LogP contribution in [-0.4, -0.2) is 23.7 Å². The number of anilines is 1. The number of nitro groups is 1. The van der Waals surface area contributed by atoms with Gasteiger partial charge in [0, 0.05) is 61.3 Å². The fourth-order valence-corrected chi connectivity index (χ4v) is 16.0. The summed E-state index contributed by atoms with van der Waals surface area (Å²) in [7, 11) is 0. The van der Waals surface area contributed by atoms with Gasteiger partial charge in [0.2, 0.25) is 0 Å². The molecule has 0 fully saturated rings. The molecule has 2 N–H and O–H groups in total. The number of hydrogen-bond acceptors (Lipinski definition) is 7. The minimum Gasteiger partial charge on any atom is -0.397 e. The highest BCUT2D eigenvalue weighted by Gasteiger charge is 2.27. The van der Waals surface area contributed by atoms with E-state index < -0.39 is 0 Å². The molecule has 0 radical (unpaired) electrons. The van der Waals surface area contributed by atoms with E-state index in [1.165, 1.54) is 218 Å². The van der Waals surface area contributed by atoms with E-state index >= 15 is 9.59 Å². The number of nitrogens with two attached hydrogens (primary N) is 1. The van der Waals surface area contributed by atoms with E-state index in [-0.39, 0.29) is 33.2 Å². The van der Waals surface area contributed by atoms with Crippen LogP contribution in [0.1, 0.15) is 296 Å². The summed E-state index contributed by atoms with van der Waals surface area (Å²) >= 11 is 0. The summed E-state index contributed by atoms with van der Waals surface area (Å²) in [4.78, 5) is 53.3. The van der Waals surface area contributed by atoms with Crippen LogP contribution in [-0.2, 0) is 0 Å². The van der Waals surface area contributed by atoms with Crippen LogP contribution < -0.4 is 16.9 Å². The van der Waals surface area contributed by atoms with Crippen molar-refractivity contribution in [3.8, 4) is 23.7 Å². The average molecular weight is 1290 g/mol. The van der Waals surface area contributed by atoms with Crippen molar-refractivity contribution in [1.82, 2.24) is 18.8 Å². The maximum Gasteiger partial charge on any atom is 0.298 e. The van der Waals surface area contributed by atoms with Gasteiger partial charge < -0.3 is 5.73 Å². The van der Waals surface area contributed by atoms with Gasteiger partial charge in [-0.3, -0.25) is 28.5 Å². The van der Waals surface area contributed by atoms with Crippen molar-refractivity contribution in [2.75, 3.05) is 5.73 Å². The summed E-state index contributed by atoms with van der Waals surface area (Å²) in [5, 5.41) is 23.0. The van der Waals surface area contributed by atoms with E-state index in [4.69, 9.17) is 15.7 Å². The first kappa shape index (κ1) is 69.8. The molecule has 2 unspecified atom stereocenters. The number of fused-ring (bicyclic) bond motifs is 10. The van der Waals surface area contributed by atoms with Crippen molar-refractivity contribution < 1.29 is 4.92 Å². The zero-order valence-corrected chi connectivity index (χ0v) is 58.8. The largest absolute Gasteiger partial charge is 0.397 e. The van der Waals surface area contributed by atoms with Crippen molar-refractivity contribution in [1.29, 1.82) is 0 Å². The van der Waals surface area contributed by atoms with E-state index in [0.29, 0.717) is 55.8 Å². The lowest BCUT2D eigenvalue weighted by molar-refractivity contribution is -0.383. The van der Waals surface area contributed by atoms with Crippen molar-refractivity contribution in [2.45, 2.75) is 285 Å². The first-order valence-corrected chi connectivity index (χ1v) is 38.5. The molecule has 4 aromatic heterocycles. The Balaban J connectivity index is 0.896. The predicted molar refractivity (Wildman–Crippen MR) is 409 cm³/mol. The lowest BCUT2D eigenvalue weighted by Crippen LogP contribution is -2.14. The second-order valence-corrected chi connectivity index (χ2v) is 28.7. The van der Waals surface area contributed by atoms with E-state index in [2.05, 4.69) is 75.6 Å². The number of benzene rings is 7. The third-order valence-electron chi connectivity index (χ3n) is 21.4. The normalized spacial score (nSPS) is 12.8. The third kappa shape index (κ3) is 16.0. The molecule has 4 heterocycles. The molecule has 10 heteroatoms. The minimum atomic E-state index is -0.383. The Morgan fingerprint density at radius 1 is 0.385 bits per heavy atom. The van der Waals surface area contributed by atoms with Crippen LogP contribution in [0.2, 0.25) is 0 Å². The van der Waals surface area contributed by atoms with Gasteiger partial charge in [-0.2, -0.15) is 0 Å².